The molecule has 2 rings (SSSR count). The number of rotatable bonds is 5. The van der Waals surface area contributed by atoms with Crippen molar-refractivity contribution >= 4 is 5.91 Å². The molecule has 7 heteroatoms. The van der Waals surface area contributed by atoms with Crippen LogP contribution >= 0.6 is 0 Å². The lowest BCUT2D eigenvalue weighted by Gasteiger charge is -2.34. The molecular formula is C14H21F2N3O2. The highest BCUT2D eigenvalue weighted by molar-refractivity contribution is 5.93. The minimum atomic E-state index is -2.69. The molecular weight excluding hydrogens is 280 g/mol. The maximum atomic E-state index is 13.0. The molecule has 1 fully saturated rings. The number of halogens is 2. The van der Waals surface area contributed by atoms with Gasteiger partial charge in [0.05, 0.1) is 6.61 Å². The van der Waals surface area contributed by atoms with Crippen LogP contribution in [0.5, 0.6) is 0 Å². The van der Waals surface area contributed by atoms with Gasteiger partial charge in [0.25, 0.3) is 5.91 Å². The molecule has 0 N–H and O–H groups in total. The average Bonchev–Trinajstić information content (AvgIpc) is 2.87. The van der Waals surface area contributed by atoms with Crippen LogP contribution in [0, 0.1) is 6.92 Å². The second kappa shape index (κ2) is 7.00. The fourth-order valence-corrected chi connectivity index (χ4v) is 2.54. The van der Waals surface area contributed by atoms with E-state index >= 15 is 0 Å². The number of carbonyl (C=O) groups excluding carboxylic acids is 1. The van der Waals surface area contributed by atoms with Gasteiger partial charge in [0, 0.05) is 45.5 Å². The maximum Gasteiger partial charge on any atom is 0.319 e. The van der Waals surface area contributed by atoms with Crippen LogP contribution in [-0.2, 0) is 4.74 Å². The Labute approximate surface area is 123 Å². The summed E-state index contributed by atoms with van der Waals surface area (Å²) in [6.45, 7) is 2.94. The van der Waals surface area contributed by atoms with E-state index in [1.165, 1.54) is 6.07 Å². The quantitative estimate of drug-likeness (QED) is 0.829. The third-order valence-corrected chi connectivity index (χ3v) is 3.81. The Bertz CT molecular complexity index is 483. The highest BCUT2D eigenvalue weighted by Crippen LogP contribution is 2.20. The molecule has 0 aliphatic carbocycles. The van der Waals surface area contributed by atoms with E-state index in [1.807, 2.05) is 0 Å². The van der Waals surface area contributed by atoms with E-state index in [1.54, 1.807) is 25.0 Å². The number of ether oxygens (including phenoxy) is 1. The molecule has 1 amide bonds. The first-order valence-electron chi connectivity index (χ1n) is 7.01. The van der Waals surface area contributed by atoms with Gasteiger partial charge in [-0.3, -0.25) is 14.3 Å². The van der Waals surface area contributed by atoms with Crippen LogP contribution in [0.1, 0.15) is 22.7 Å². The van der Waals surface area contributed by atoms with Crippen LogP contribution in [0.25, 0.3) is 0 Å². The Hall–Kier alpha value is -1.47. The molecule has 1 aromatic heterocycles. The SMILES string of the molecule is COCCN1CCN(C(=O)c2ccc(C)n2C(F)F)CC1. The molecule has 0 spiro atoms. The standard InChI is InChI=1S/C14H21F2N3O2/c1-11-3-4-12(19(11)14(15)16)13(20)18-7-5-17(6-8-18)9-10-21-2/h3-4,14H,5-10H2,1-2H3. The van der Waals surface area contributed by atoms with Crippen molar-refractivity contribution in [2.24, 2.45) is 0 Å². The molecule has 1 aliphatic heterocycles. The first-order chi connectivity index (χ1) is 10.0. The van der Waals surface area contributed by atoms with Gasteiger partial charge >= 0.3 is 6.55 Å². The van der Waals surface area contributed by atoms with E-state index < -0.39 is 6.55 Å². The zero-order chi connectivity index (χ0) is 15.4. The number of methoxy groups -OCH3 is 1. The topological polar surface area (TPSA) is 37.7 Å². The molecule has 1 aromatic rings. The summed E-state index contributed by atoms with van der Waals surface area (Å²) in [7, 11) is 1.65. The summed E-state index contributed by atoms with van der Waals surface area (Å²) in [6.07, 6.45) is 0. The number of hydrogen-bond donors (Lipinski definition) is 0. The first kappa shape index (κ1) is 15.9. The molecule has 0 unspecified atom stereocenters. The number of hydrogen-bond acceptors (Lipinski definition) is 3. The largest absolute Gasteiger partial charge is 0.383 e. The van der Waals surface area contributed by atoms with Crippen molar-refractivity contribution in [3.63, 3.8) is 0 Å². The highest BCUT2D eigenvalue weighted by Gasteiger charge is 2.26. The van der Waals surface area contributed by atoms with Crippen molar-refractivity contribution < 1.29 is 18.3 Å². The zero-order valence-electron chi connectivity index (χ0n) is 12.4. The third kappa shape index (κ3) is 3.59. The van der Waals surface area contributed by atoms with Crippen LogP contribution in [0.15, 0.2) is 12.1 Å². The van der Waals surface area contributed by atoms with Gasteiger partial charge in [0.2, 0.25) is 0 Å². The van der Waals surface area contributed by atoms with Crippen LogP contribution in [0.4, 0.5) is 8.78 Å². The summed E-state index contributed by atoms with van der Waals surface area (Å²) in [5, 5.41) is 0. The molecule has 2 heterocycles. The summed E-state index contributed by atoms with van der Waals surface area (Å²) in [6, 6.07) is 3.02. The number of aromatic nitrogens is 1. The molecule has 1 aliphatic rings. The predicted molar refractivity (Wildman–Crippen MR) is 74.6 cm³/mol. The van der Waals surface area contributed by atoms with Gasteiger partial charge < -0.3 is 9.64 Å². The van der Waals surface area contributed by atoms with Crippen molar-refractivity contribution in [3.8, 4) is 0 Å². The molecule has 0 saturated carbocycles. The number of carbonyl (C=O) groups is 1. The lowest BCUT2D eigenvalue weighted by atomic mass is 10.2. The van der Waals surface area contributed by atoms with Crippen LogP contribution in [0.3, 0.4) is 0 Å². The van der Waals surface area contributed by atoms with E-state index in [0.717, 1.165) is 24.2 Å². The summed E-state index contributed by atoms with van der Waals surface area (Å²) >= 11 is 0. The van der Waals surface area contributed by atoms with Gasteiger partial charge in [-0.15, -0.1) is 0 Å². The lowest BCUT2D eigenvalue weighted by Crippen LogP contribution is -2.49. The smallest absolute Gasteiger partial charge is 0.319 e. The highest BCUT2D eigenvalue weighted by atomic mass is 19.3. The van der Waals surface area contributed by atoms with Crippen molar-refractivity contribution in [2.75, 3.05) is 46.4 Å². The number of nitrogens with zero attached hydrogens (tertiary/aromatic N) is 3. The number of aryl methyl sites for hydroxylation is 1. The molecule has 0 atom stereocenters. The normalized spacial score (nSPS) is 16.7. The van der Waals surface area contributed by atoms with Crippen molar-refractivity contribution in [3.05, 3.63) is 23.5 Å². The number of amides is 1. The first-order valence-corrected chi connectivity index (χ1v) is 7.01. The predicted octanol–water partition coefficient (Wildman–Crippen LogP) is 1.60. The maximum absolute atomic E-state index is 13.0. The summed E-state index contributed by atoms with van der Waals surface area (Å²) in [5.41, 5.74) is 0.458. The molecule has 0 radical (unpaired) electrons. The second-order valence-corrected chi connectivity index (χ2v) is 5.13. The van der Waals surface area contributed by atoms with E-state index in [2.05, 4.69) is 4.90 Å². The molecule has 21 heavy (non-hydrogen) atoms. The molecule has 118 valence electrons. The third-order valence-electron chi connectivity index (χ3n) is 3.81. The van der Waals surface area contributed by atoms with Crippen LogP contribution in [0.2, 0.25) is 0 Å². The Morgan fingerprint density at radius 1 is 1.29 bits per heavy atom. The summed E-state index contributed by atoms with van der Waals surface area (Å²) in [4.78, 5) is 16.2. The molecule has 1 saturated heterocycles. The Morgan fingerprint density at radius 2 is 1.95 bits per heavy atom. The molecule has 0 bridgehead atoms. The van der Waals surface area contributed by atoms with Crippen molar-refractivity contribution in [1.29, 1.82) is 0 Å². The van der Waals surface area contributed by atoms with E-state index in [4.69, 9.17) is 4.74 Å². The van der Waals surface area contributed by atoms with E-state index in [0.29, 0.717) is 25.4 Å². The minimum Gasteiger partial charge on any atom is -0.383 e. The summed E-state index contributed by atoms with van der Waals surface area (Å²) in [5.74, 6) is -0.324. The molecule has 5 nitrogen and oxygen atoms in total. The number of piperazine rings is 1. The van der Waals surface area contributed by atoms with E-state index in [9.17, 15) is 13.6 Å². The minimum absolute atomic E-state index is 0.0628. The lowest BCUT2D eigenvalue weighted by molar-refractivity contribution is 0.0474. The average molecular weight is 301 g/mol. The Morgan fingerprint density at radius 3 is 2.52 bits per heavy atom. The van der Waals surface area contributed by atoms with Crippen LogP contribution in [-0.4, -0.2) is 66.7 Å². The summed E-state index contributed by atoms with van der Waals surface area (Å²) < 4.78 is 31.9. The van der Waals surface area contributed by atoms with Crippen LogP contribution < -0.4 is 0 Å². The van der Waals surface area contributed by atoms with Gasteiger partial charge in [-0.1, -0.05) is 0 Å². The number of alkyl halides is 2. The molecule has 0 aromatic carbocycles. The van der Waals surface area contributed by atoms with E-state index in [-0.39, 0.29) is 11.6 Å². The Kier molecular flexibility index (Phi) is 5.30. The van der Waals surface area contributed by atoms with Crippen molar-refractivity contribution in [2.45, 2.75) is 13.5 Å². The van der Waals surface area contributed by atoms with Crippen molar-refractivity contribution in [1.82, 2.24) is 14.4 Å². The second-order valence-electron chi connectivity index (χ2n) is 5.13. The fraction of sp³-hybridized carbons (Fsp3) is 0.643. The fourth-order valence-electron chi connectivity index (χ4n) is 2.54. The van der Waals surface area contributed by atoms with Gasteiger partial charge in [0.15, 0.2) is 0 Å². The van der Waals surface area contributed by atoms with Gasteiger partial charge in [-0.2, -0.15) is 8.78 Å². The van der Waals surface area contributed by atoms with Gasteiger partial charge in [0.1, 0.15) is 5.69 Å². The van der Waals surface area contributed by atoms with Gasteiger partial charge in [-0.05, 0) is 19.1 Å². The monoisotopic (exact) mass is 301 g/mol. The van der Waals surface area contributed by atoms with Gasteiger partial charge in [-0.25, -0.2) is 0 Å². The Balaban J connectivity index is 1.99. The zero-order valence-corrected chi connectivity index (χ0v) is 12.4.